The van der Waals surface area contributed by atoms with Crippen LogP contribution in [0.1, 0.15) is 30.1 Å². The van der Waals surface area contributed by atoms with Crippen LogP contribution in [-0.4, -0.2) is 49.3 Å². The number of piperidine rings is 1. The van der Waals surface area contributed by atoms with Gasteiger partial charge in [-0.15, -0.1) is 0 Å². The largest absolute Gasteiger partial charge is 0.493 e. The van der Waals surface area contributed by atoms with Crippen molar-refractivity contribution in [2.45, 2.75) is 25.9 Å². The molecule has 5 heteroatoms. The second-order valence-corrected chi connectivity index (χ2v) is 5.63. The molecule has 1 unspecified atom stereocenters. The summed E-state index contributed by atoms with van der Waals surface area (Å²) in [4.78, 5) is 13.4. The number of nitrogens with zero attached hydrogens (tertiary/aromatic N) is 1. The molecule has 1 aromatic carbocycles. The predicted molar refractivity (Wildman–Crippen MR) is 80.3 cm³/mol. The van der Waals surface area contributed by atoms with Crippen molar-refractivity contribution >= 4 is 5.97 Å². The normalized spacial score (nSPS) is 18.2. The van der Waals surface area contributed by atoms with Crippen LogP contribution < -0.4 is 9.47 Å². The van der Waals surface area contributed by atoms with Crippen LogP contribution >= 0.6 is 0 Å². The molecule has 0 radical (unpaired) electrons. The molecule has 0 aromatic heterocycles. The van der Waals surface area contributed by atoms with Gasteiger partial charge in [-0.1, -0.05) is 0 Å². The van der Waals surface area contributed by atoms with Gasteiger partial charge in [0, 0.05) is 0 Å². The van der Waals surface area contributed by atoms with Crippen molar-refractivity contribution < 1.29 is 19.4 Å². The summed E-state index contributed by atoms with van der Waals surface area (Å²) < 4.78 is 11.3. The maximum Gasteiger partial charge on any atom is 0.335 e. The van der Waals surface area contributed by atoms with Gasteiger partial charge in [-0.3, -0.25) is 0 Å². The van der Waals surface area contributed by atoms with Gasteiger partial charge in [-0.25, -0.2) is 4.79 Å². The number of carboxylic acids is 1. The molecule has 21 heavy (non-hydrogen) atoms. The molecule has 1 saturated heterocycles. The molecule has 0 saturated carbocycles. The summed E-state index contributed by atoms with van der Waals surface area (Å²) in [5.41, 5.74) is 0.210. The van der Waals surface area contributed by atoms with E-state index in [1.807, 2.05) is 6.92 Å². The van der Waals surface area contributed by atoms with Crippen molar-refractivity contribution in [2.75, 3.05) is 27.2 Å². The molecule has 1 N–H and O–H groups in total. The van der Waals surface area contributed by atoms with Crippen molar-refractivity contribution in [1.29, 1.82) is 0 Å². The highest BCUT2D eigenvalue weighted by atomic mass is 16.5. The number of hydrogen-bond acceptors (Lipinski definition) is 4. The lowest BCUT2D eigenvalue weighted by molar-refractivity contribution is 0.0694. The third kappa shape index (κ3) is 3.88. The SMILES string of the molecule is COc1ccc(C(=O)O)cc1OC(C)C1CCN(C)CC1. The highest BCUT2D eigenvalue weighted by molar-refractivity contribution is 5.88. The van der Waals surface area contributed by atoms with E-state index in [1.165, 1.54) is 12.1 Å². The van der Waals surface area contributed by atoms with Crippen LogP contribution in [0.3, 0.4) is 0 Å². The topological polar surface area (TPSA) is 59.0 Å². The molecule has 0 spiro atoms. The Hall–Kier alpha value is -1.75. The highest BCUT2D eigenvalue weighted by Gasteiger charge is 2.24. The molecule has 116 valence electrons. The standard InChI is InChI=1S/C16H23NO4/c1-11(12-6-8-17(2)9-7-12)21-15-10-13(16(18)19)4-5-14(15)20-3/h4-5,10-12H,6-9H2,1-3H3,(H,18,19). The third-order valence-electron chi connectivity index (χ3n) is 4.15. The number of carboxylic acid groups (broad SMARTS) is 1. The van der Waals surface area contributed by atoms with Crippen LogP contribution in [0.5, 0.6) is 11.5 Å². The minimum absolute atomic E-state index is 0.0386. The molecule has 1 aliphatic rings. The zero-order valence-electron chi connectivity index (χ0n) is 12.8. The van der Waals surface area contributed by atoms with E-state index < -0.39 is 5.97 Å². The molecule has 0 bridgehead atoms. The summed E-state index contributed by atoms with van der Waals surface area (Å²) >= 11 is 0. The molecule has 1 atom stereocenters. The lowest BCUT2D eigenvalue weighted by Gasteiger charge is -2.33. The first-order valence-electron chi connectivity index (χ1n) is 7.27. The van der Waals surface area contributed by atoms with Crippen molar-refractivity contribution in [3.63, 3.8) is 0 Å². The third-order valence-corrected chi connectivity index (χ3v) is 4.15. The fourth-order valence-electron chi connectivity index (χ4n) is 2.70. The average molecular weight is 293 g/mol. The average Bonchev–Trinajstić information content (AvgIpc) is 2.47. The van der Waals surface area contributed by atoms with E-state index in [0.717, 1.165) is 25.9 Å². The zero-order chi connectivity index (χ0) is 15.4. The van der Waals surface area contributed by atoms with Crippen molar-refractivity contribution in [1.82, 2.24) is 4.90 Å². The van der Waals surface area contributed by atoms with Crippen molar-refractivity contribution in [3.05, 3.63) is 23.8 Å². The van der Waals surface area contributed by atoms with Crippen LogP contribution in [0.4, 0.5) is 0 Å². The lowest BCUT2D eigenvalue weighted by Crippen LogP contribution is -2.36. The molecule has 2 rings (SSSR count). The Morgan fingerprint density at radius 2 is 2.00 bits per heavy atom. The maximum absolute atomic E-state index is 11.1. The van der Waals surface area contributed by atoms with Crippen LogP contribution in [-0.2, 0) is 0 Å². The van der Waals surface area contributed by atoms with E-state index in [0.29, 0.717) is 17.4 Å². The maximum atomic E-state index is 11.1. The molecular weight excluding hydrogens is 270 g/mol. The van der Waals surface area contributed by atoms with Crippen LogP contribution in [0, 0.1) is 5.92 Å². The van der Waals surface area contributed by atoms with Gasteiger partial charge in [0.15, 0.2) is 11.5 Å². The first kappa shape index (κ1) is 15.6. The summed E-state index contributed by atoms with van der Waals surface area (Å²) in [7, 11) is 3.68. The van der Waals surface area contributed by atoms with E-state index in [1.54, 1.807) is 13.2 Å². The fourth-order valence-corrected chi connectivity index (χ4v) is 2.70. The fraction of sp³-hybridized carbons (Fsp3) is 0.562. The van der Waals surface area contributed by atoms with Gasteiger partial charge >= 0.3 is 5.97 Å². The second kappa shape index (κ2) is 6.80. The summed E-state index contributed by atoms with van der Waals surface area (Å²) in [5.74, 6) is 0.595. The summed E-state index contributed by atoms with van der Waals surface area (Å²) in [6.45, 7) is 4.19. The molecule has 1 aliphatic heterocycles. The number of hydrogen-bond donors (Lipinski definition) is 1. The summed E-state index contributed by atoms with van der Waals surface area (Å²) in [6, 6.07) is 4.70. The number of aromatic carboxylic acids is 1. The van der Waals surface area contributed by atoms with Gasteiger partial charge in [-0.05, 0) is 64.0 Å². The van der Waals surface area contributed by atoms with Gasteiger partial charge in [0.25, 0.3) is 0 Å². The molecule has 1 fully saturated rings. The predicted octanol–water partition coefficient (Wildman–Crippen LogP) is 2.50. The Bertz CT molecular complexity index is 495. The van der Waals surface area contributed by atoms with E-state index >= 15 is 0 Å². The monoisotopic (exact) mass is 293 g/mol. The van der Waals surface area contributed by atoms with Crippen LogP contribution in [0.15, 0.2) is 18.2 Å². The van der Waals surface area contributed by atoms with Crippen molar-refractivity contribution in [2.24, 2.45) is 5.92 Å². The Morgan fingerprint density at radius 3 is 2.57 bits per heavy atom. The Morgan fingerprint density at radius 1 is 1.33 bits per heavy atom. The van der Waals surface area contributed by atoms with E-state index in [-0.39, 0.29) is 11.7 Å². The van der Waals surface area contributed by atoms with Gasteiger partial charge < -0.3 is 19.5 Å². The van der Waals surface area contributed by atoms with E-state index in [4.69, 9.17) is 14.6 Å². The Balaban J connectivity index is 2.10. The molecule has 1 aromatic rings. The molecular formula is C16H23NO4. The van der Waals surface area contributed by atoms with Crippen molar-refractivity contribution in [3.8, 4) is 11.5 Å². The highest BCUT2D eigenvalue weighted by Crippen LogP contribution is 2.31. The Labute approximate surface area is 125 Å². The zero-order valence-corrected chi connectivity index (χ0v) is 12.8. The van der Waals surface area contributed by atoms with Gasteiger partial charge in [0.1, 0.15) is 0 Å². The first-order valence-corrected chi connectivity index (χ1v) is 7.27. The smallest absolute Gasteiger partial charge is 0.335 e. The quantitative estimate of drug-likeness (QED) is 0.904. The molecule has 5 nitrogen and oxygen atoms in total. The molecule has 1 heterocycles. The summed E-state index contributed by atoms with van der Waals surface area (Å²) in [5, 5.41) is 9.08. The summed E-state index contributed by atoms with van der Waals surface area (Å²) in [6.07, 6.45) is 2.23. The second-order valence-electron chi connectivity index (χ2n) is 5.63. The van der Waals surface area contributed by atoms with Gasteiger partial charge in [-0.2, -0.15) is 0 Å². The first-order chi connectivity index (χ1) is 10.0. The van der Waals surface area contributed by atoms with Crippen LogP contribution in [0.2, 0.25) is 0 Å². The molecule has 0 aliphatic carbocycles. The van der Waals surface area contributed by atoms with Gasteiger partial charge in [0.2, 0.25) is 0 Å². The Kier molecular flexibility index (Phi) is 5.07. The number of ether oxygens (including phenoxy) is 2. The minimum Gasteiger partial charge on any atom is -0.493 e. The number of carbonyl (C=O) groups is 1. The number of methoxy groups -OCH3 is 1. The van der Waals surface area contributed by atoms with E-state index in [9.17, 15) is 4.79 Å². The lowest BCUT2D eigenvalue weighted by atomic mass is 9.92. The number of likely N-dealkylation sites (tertiary alicyclic amines) is 1. The number of benzene rings is 1. The molecule has 0 amide bonds. The number of rotatable bonds is 5. The van der Waals surface area contributed by atoms with Gasteiger partial charge in [0.05, 0.1) is 18.8 Å². The van der Waals surface area contributed by atoms with E-state index in [2.05, 4.69) is 11.9 Å². The minimum atomic E-state index is -0.963. The van der Waals surface area contributed by atoms with Crippen LogP contribution in [0.25, 0.3) is 0 Å².